The molecular weight excluding hydrogens is 670 g/mol. The molecule has 2 aromatic carbocycles. The summed E-state index contributed by atoms with van der Waals surface area (Å²) in [6, 6.07) is 4.95. The minimum Gasteiger partial charge on any atom is -0.505 e. The number of anilines is 2. The average Bonchev–Trinajstić information content (AvgIpc) is 2.96. The van der Waals surface area contributed by atoms with Crippen molar-refractivity contribution in [2.24, 2.45) is 22.1 Å². The lowest BCUT2D eigenvalue weighted by Crippen LogP contribution is -2.28. The van der Waals surface area contributed by atoms with E-state index in [2.05, 4.69) is 32.1 Å². The molecule has 2 unspecified atom stereocenters. The van der Waals surface area contributed by atoms with E-state index in [1.807, 2.05) is 0 Å². The molecule has 240 valence electrons. The van der Waals surface area contributed by atoms with Crippen molar-refractivity contribution >= 4 is 58.3 Å². The first kappa shape index (κ1) is 32.7. The smallest absolute Gasteiger partial charge is 0.296 e. The van der Waals surface area contributed by atoms with Crippen LogP contribution in [0.5, 0.6) is 5.75 Å². The van der Waals surface area contributed by atoms with Gasteiger partial charge in [0.1, 0.15) is 27.5 Å². The monoisotopic (exact) mass is 691 g/mol. The highest BCUT2D eigenvalue weighted by molar-refractivity contribution is 7.90. The molecule has 0 saturated heterocycles. The van der Waals surface area contributed by atoms with E-state index in [0.29, 0.717) is 0 Å². The molecular formula is C27H22FN5O10S3. The number of azo groups is 1. The Bertz CT molecular complexity index is 2300. The van der Waals surface area contributed by atoms with E-state index in [1.54, 1.807) is 0 Å². The summed E-state index contributed by atoms with van der Waals surface area (Å²) in [6.45, 7) is 3.54. The van der Waals surface area contributed by atoms with Crippen LogP contribution in [0.3, 0.4) is 0 Å². The number of fused-ring (bicyclic) bond motifs is 2. The Balaban J connectivity index is 1.60. The lowest BCUT2D eigenvalue weighted by atomic mass is 9.84. The third-order valence-electron chi connectivity index (χ3n) is 6.94. The molecule has 2 aliphatic carbocycles. The lowest BCUT2D eigenvalue weighted by molar-refractivity contribution is 0.466. The third kappa shape index (κ3) is 6.36. The average molecular weight is 692 g/mol. The maximum atomic E-state index is 14.8. The molecule has 2 atom stereocenters. The summed E-state index contributed by atoms with van der Waals surface area (Å²) >= 11 is 0. The zero-order valence-electron chi connectivity index (χ0n) is 23.0. The number of hydrogen-bond acceptors (Lipinski definition) is 12. The van der Waals surface area contributed by atoms with Crippen molar-refractivity contribution in [1.82, 2.24) is 9.97 Å². The standard InChI is InChI=1S/C27H22FN5O10S3/c1-2-4-19-23(28)27(30-13-29-19)31-15-7-8-16-14(11-15)12-22(45(38,39)40)24(25(16)34)33-32-20-10-9-17-18(26(20)46(41,42)43)5-3-6-21(17)44(35,36)37/h2-3,5-13,17-18,34H,1,4H2,(H,29,30,31)(H,35,36,37)(H,38,39,40)(H,41,42,43). The number of phenols is 1. The van der Waals surface area contributed by atoms with Gasteiger partial charge in [-0.05, 0) is 41.8 Å². The number of halogens is 1. The van der Waals surface area contributed by atoms with Crippen molar-refractivity contribution in [1.29, 1.82) is 0 Å². The zero-order chi connectivity index (χ0) is 33.6. The van der Waals surface area contributed by atoms with E-state index in [1.165, 1.54) is 36.4 Å². The molecule has 0 saturated carbocycles. The number of rotatable bonds is 9. The highest BCUT2D eigenvalue weighted by Crippen LogP contribution is 2.44. The lowest BCUT2D eigenvalue weighted by Gasteiger charge is -2.29. The molecule has 5 N–H and O–H groups in total. The summed E-state index contributed by atoms with van der Waals surface area (Å²) in [4.78, 5) is 5.37. The predicted molar refractivity (Wildman–Crippen MR) is 163 cm³/mol. The van der Waals surface area contributed by atoms with Crippen LogP contribution < -0.4 is 5.32 Å². The van der Waals surface area contributed by atoms with Crippen molar-refractivity contribution in [3.05, 3.63) is 101 Å². The van der Waals surface area contributed by atoms with E-state index in [9.17, 15) is 48.4 Å². The minimum absolute atomic E-state index is 0.0104. The van der Waals surface area contributed by atoms with E-state index in [0.717, 1.165) is 30.6 Å². The Morgan fingerprint density at radius 1 is 0.957 bits per heavy atom. The number of aromatic hydroxyl groups is 1. The van der Waals surface area contributed by atoms with Crippen LogP contribution in [0.15, 0.2) is 104 Å². The molecule has 0 fully saturated rings. The van der Waals surface area contributed by atoms with Crippen LogP contribution in [0.1, 0.15) is 5.69 Å². The van der Waals surface area contributed by atoms with Crippen molar-refractivity contribution in [3.63, 3.8) is 0 Å². The SMILES string of the molecule is C=CCc1ncnc(Nc2ccc3c(O)c(N=NC4=C(S(=O)(=O)O)C5C=CC=C(S(=O)(=O)O)C5C=C4)c(S(=O)(=O)O)cc3c2)c1F. The Labute approximate surface area is 261 Å². The quantitative estimate of drug-likeness (QED) is 0.118. The van der Waals surface area contributed by atoms with Crippen molar-refractivity contribution in [3.8, 4) is 5.75 Å². The molecule has 3 aromatic rings. The normalized spacial score (nSPS) is 18.6. The molecule has 5 rings (SSSR count). The molecule has 0 radical (unpaired) electrons. The molecule has 0 bridgehead atoms. The van der Waals surface area contributed by atoms with Gasteiger partial charge in [-0.25, -0.2) is 14.4 Å². The van der Waals surface area contributed by atoms with Crippen LogP contribution in [-0.2, 0) is 36.8 Å². The van der Waals surface area contributed by atoms with Gasteiger partial charge >= 0.3 is 0 Å². The van der Waals surface area contributed by atoms with Gasteiger partial charge < -0.3 is 10.4 Å². The second kappa shape index (κ2) is 11.9. The highest BCUT2D eigenvalue weighted by atomic mass is 32.2. The first-order valence-electron chi connectivity index (χ1n) is 12.8. The molecule has 19 heteroatoms. The molecule has 1 aromatic heterocycles. The van der Waals surface area contributed by atoms with Gasteiger partial charge in [0.25, 0.3) is 30.4 Å². The second-order valence-corrected chi connectivity index (χ2v) is 14.0. The van der Waals surface area contributed by atoms with Crippen LogP contribution in [0.4, 0.5) is 21.6 Å². The summed E-state index contributed by atoms with van der Waals surface area (Å²) < 4.78 is 118. The highest BCUT2D eigenvalue weighted by Gasteiger charge is 2.40. The number of nitrogens with zero attached hydrogens (tertiary/aromatic N) is 4. The zero-order valence-corrected chi connectivity index (χ0v) is 25.5. The van der Waals surface area contributed by atoms with Crippen LogP contribution in [0, 0.1) is 17.7 Å². The van der Waals surface area contributed by atoms with Gasteiger partial charge in [0.2, 0.25) is 0 Å². The number of hydrogen-bond donors (Lipinski definition) is 5. The Morgan fingerprint density at radius 3 is 2.35 bits per heavy atom. The second-order valence-electron chi connectivity index (χ2n) is 9.85. The number of nitrogens with one attached hydrogen (secondary N) is 1. The fourth-order valence-electron chi connectivity index (χ4n) is 4.97. The van der Waals surface area contributed by atoms with Gasteiger partial charge in [-0.2, -0.15) is 25.3 Å². The van der Waals surface area contributed by atoms with Gasteiger partial charge in [-0.1, -0.05) is 24.3 Å². The minimum atomic E-state index is -5.11. The van der Waals surface area contributed by atoms with Gasteiger partial charge in [-0.15, -0.1) is 16.8 Å². The summed E-state index contributed by atoms with van der Waals surface area (Å²) in [5.41, 5.74) is -1.09. The third-order valence-corrected chi connectivity index (χ3v) is 9.84. The van der Waals surface area contributed by atoms with E-state index in [-0.39, 0.29) is 34.4 Å². The van der Waals surface area contributed by atoms with Crippen LogP contribution in [-0.4, -0.2) is 54.0 Å². The van der Waals surface area contributed by atoms with Crippen molar-refractivity contribution in [2.45, 2.75) is 11.3 Å². The molecule has 1 heterocycles. The summed E-state index contributed by atoms with van der Waals surface area (Å²) in [7, 11) is -15.0. The van der Waals surface area contributed by atoms with E-state index < -0.39 is 79.8 Å². The number of aromatic nitrogens is 2. The fraction of sp³-hybridized carbons (Fsp3) is 0.111. The van der Waals surface area contributed by atoms with Gasteiger partial charge in [0.15, 0.2) is 17.4 Å². The summed E-state index contributed by atoms with van der Waals surface area (Å²) in [5, 5.41) is 21.2. The molecule has 0 spiro atoms. The first-order valence-corrected chi connectivity index (χ1v) is 17.1. The molecule has 0 aliphatic heterocycles. The fourth-order valence-corrected chi connectivity index (χ4v) is 7.39. The number of benzene rings is 2. The van der Waals surface area contributed by atoms with Crippen molar-refractivity contribution < 1.29 is 48.4 Å². The maximum Gasteiger partial charge on any atom is 0.296 e. The Morgan fingerprint density at radius 2 is 1.70 bits per heavy atom. The molecule has 2 aliphatic rings. The number of phenolic OH excluding ortho intramolecular Hbond substituents is 1. The Kier molecular flexibility index (Phi) is 8.49. The Hall–Kier alpha value is -4.66. The summed E-state index contributed by atoms with van der Waals surface area (Å²) in [5.74, 6) is -4.36. The van der Waals surface area contributed by atoms with Gasteiger partial charge in [-0.3, -0.25) is 13.7 Å². The van der Waals surface area contributed by atoms with Gasteiger partial charge in [0, 0.05) is 29.3 Å². The van der Waals surface area contributed by atoms with E-state index >= 15 is 0 Å². The molecule has 46 heavy (non-hydrogen) atoms. The van der Waals surface area contributed by atoms with Crippen LogP contribution in [0.2, 0.25) is 0 Å². The largest absolute Gasteiger partial charge is 0.505 e. The molecule has 0 amide bonds. The maximum absolute atomic E-state index is 14.8. The van der Waals surface area contributed by atoms with E-state index in [4.69, 9.17) is 0 Å². The number of allylic oxidation sites excluding steroid dienone is 8. The molecule has 15 nitrogen and oxygen atoms in total. The van der Waals surface area contributed by atoms with Crippen LogP contribution >= 0.6 is 0 Å². The predicted octanol–water partition coefficient (Wildman–Crippen LogP) is 4.52. The van der Waals surface area contributed by atoms with Gasteiger partial charge in [0.05, 0.1) is 10.6 Å². The topological polar surface area (TPSA) is 246 Å². The van der Waals surface area contributed by atoms with Crippen LogP contribution in [0.25, 0.3) is 10.8 Å². The first-order chi connectivity index (χ1) is 21.5. The summed E-state index contributed by atoms with van der Waals surface area (Å²) in [6.07, 6.45) is 8.29. The van der Waals surface area contributed by atoms with Crippen molar-refractivity contribution in [2.75, 3.05) is 5.32 Å².